The van der Waals surface area contributed by atoms with Gasteiger partial charge < -0.3 is 9.84 Å². The van der Waals surface area contributed by atoms with Gasteiger partial charge in [0.05, 0.1) is 12.5 Å². The summed E-state index contributed by atoms with van der Waals surface area (Å²) in [6.45, 7) is 3.98. The van der Waals surface area contributed by atoms with E-state index < -0.39 is 5.97 Å². The molecule has 0 heterocycles. The Morgan fingerprint density at radius 1 is 1.33 bits per heavy atom. The monoisotopic (exact) mass is 248 g/mol. The minimum absolute atomic E-state index is 0.161. The van der Waals surface area contributed by atoms with E-state index in [9.17, 15) is 4.79 Å². The molecule has 0 amide bonds. The SMILES string of the molecule is CC(C)Oc1ccc(C(CC(=O)O)C2CC2)cc1. The fourth-order valence-electron chi connectivity index (χ4n) is 2.31. The maximum atomic E-state index is 10.9. The molecule has 1 aromatic rings. The van der Waals surface area contributed by atoms with Crippen molar-refractivity contribution in [3.05, 3.63) is 29.8 Å². The Kier molecular flexibility index (Phi) is 3.90. The largest absolute Gasteiger partial charge is 0.491 e. The fourth-order valence-corrected chi connectivity index (χ4v) is 2.31. The van der Waals surface area contributed by atoms with Crippen molar-refractivity contribution in [3.63, 3.8) is 0 Å². The van der Waals surface area contributed by atoms with E-state index in [0.29, 0.717) is 5.92 Å². The molecule has 2 rings (SSSR count). The van der Waals surface area contributed by atoms with Crippen LogP contribution in [-0.2, 0) is 4.79 Å². The lowest BCUT2D eigenvalue weighted by molar-refractivity contribution is -0.137. The average molecular weight is 248 g/mol. The molecule has 0 spiro atoms. The fraction of sp³-hybridized carbons (Fsp3) is 0.533. The number of aliphatic carboxylic acids is 1. The number of ether oxygens (including phenoxy) is 1. The molecule has 98 valence electrons. The molecule has 1 fully saturated rings. The molecule has 0 aliphatic heterocycles. The van der Waals surface area contributed by atoms with E-state index in [-0.39, 0.29) is 18.4 Å². The molecule has 18 heavy (non-hydrogen) atoms. The summed E-state index contributed by atoms with van der Waals surface area (Å²) in [4.78, 5) is 10.9. The number of carboxylic acid groups (broad SMARTS) is 1. The second-order valence-electron chi connectivity index (χ2n) is 5.28. The van der Waals surface area contributed by atoms with Crippen molar-refractivity contribution in [3.8, 4) is 5.75 Å². The third-order valence-corrected chi connectivity index (χ3v) is 3.27. The molecule has 0 saturated heterocycles. The Morgan fingerprint density at radius 2 is 1.94 bits per heavy atom. The van der Waals surface area contributed by atoms with Gasteiger partial charge in [0.25, 0.3) is 0 Å². The van der Waals surface area contributed by atoms with E-state index >= 15 is 0 Å². The molecular formula is C15H20O3. The smallest absolute Gasteiger partial charge is 0.303 e. The quantitative estimate of drug-likeness (QED) is 0.838. The minimum atomic E-state index is -0.714. The highest BCUT2D eigenvalue weighted by molar-refractivity contribution is 5.68. The maximum absolute atomic E-state index is 10.9. The highest BCUT2D eigenvalue weighted by atomic mass is 16.5. The summed E-state index contributed by atoms with van der Waals surface area (Å²) in [6.07, 6.45) is 2.70. The van der Waals surface area contributed by atoms with Crippen molar-refractivity contribution in [2.75, 3.05) is 0 Å². The zero-order chi connectivity index (χ0) is 13.1. The highest BCUT2D eigenvalue weighted by Gasteiger charge is 2.33. The van der Waals surface area contributed by atoms with Gasteiger partial charge in [-0.2, -0.15) is 0 Å². The average Bonchev–Trinajstić information content (AvgIpc) is 3.10. The van der Waals surface area contributed by atoms with Gasteiger partial charge in [-0.25, -0.2) is 0 Å². The van der Waals surface area contributed by atoms with E-state index in [1.165, 1.54) is 0 Å². The molecule has 0 aromatic heterocycles. The molecule has 1 N–H and O–H groups in total. The van der Waals surface area contributed by atoms with Gasteiger partial charge in [-0.05, 0) is 56.2 Å². The van der Waals surface area contributed by atoms with E-state index in [1.807, 2.05) is 38.1 Å². The van der Waals surface area contributed by atoms with E-state index in [0.717, 1.165) is 24.2 Å². The van der Waals surface area contributed by atoms with Gasteiger partial charge >= 0.3 is 5.97 Å². The summed E-state index contributed by atoms with van der Waals surface area (Å²) >= 11 is 0. The standard InChI is InChI=1S/C15H20O3/c1-10(2)18-13-7-5-12(6-8-13)14(9-15(16)17)11-3-4-11/h5-8,10-11,14H,3-4,9H2,1-2H3,(H,16,17). The first kappa shape index (κ1) is 12.9. The molecule has 3 nitrogen and oxygen atoms in total. The summed E-state index contributed by atoms with van der Waals surface area (Å²) < 4.78 is 5.59. The number of rotatable bonds is 6. The normalized spacial score (nSPS) is 16.6. The lowest BCUT2D eigenvalue weighted by Crippen LogP contribution is -2.09. The first-order valence-electron chi connectivity index (χ1n) is 6.54. The molecular weight excluding hydrogens is 228 g/mol. The maximum Gasteiger partial charge on any atom is 0.303 e. The van der Waals surface area contributed by atoms with Crippen LogP contribution in [0.3, 0.4) is 0 Å². The van der Waals surface area contributed by atoms with Crippen LogP contribution in [0.15, 0.2) is 24.3 Å². The third kappa shape index (κ3) is 3.49. The van der Waals surface area contributed by atoms with Crippen LogP contribution >= 0.6 is 0 Å². The number of benzene rings is 1. The number of hydrogen-bond donors (Lipinski definition) is 1. The van der Waals surface area contributed by atoms with E-state index in [2.05, 4.69) is 0 Å². The Labute approximate surface area is 108 Å². The van der Waals surface area contributed by atoms with Crippen LogP contribution in [0.1, 0.15) is 44.6 Å². The molecule has 3 heteroatoms. The van der Waals surface area contributed by atoms with Gasteiger partial charge in [0.15, 0.2) is 0 Å². The van der Waals surface area contributed by atoms with Crippen molar-refractivity contribution in [2.45, 2.75) is 45.1 Å². The minimum Gasteiger partial charge on any atom is -0.491 e. The van der Waals surface area contributed by atoms with Crippen molar-refractivity contribution in [1.29, 1.82) is 0 Å². The molecule has 1 atom stereocenters. The Hall–Kier alpha value is -1.51. The predicted octanol–water partition coefficient (Wildman–Crippen LogP) is 3.44. The summed E-state index contributed by atoms with van der Waals surface area (Å²) in [5.41, 5.74) is 1.12. The number of carbonyl (C=O) groups is 1. The van der Waals surface area contributed by atoms with Gasteiger partial charge in [-0.15, -0.1) is 0 Å². The second-order valence-corrected chi connectivity index (χ2v) is 5.28. The lowest BCUT2D eigenvalue weighted by Gasteiger charge is -2.16. The molecule has 1 aliphatic rings. The van der Waals surface area contributed by atoms with Crippen LogP contribution in [0.4, 0.5) is 0 Å². The van der Waals surface area contributed by atoms with E-state index in [4.69, 9.17) is 9.84 Å². The zero-order valence-corrected chi connectivity index (χ0v) is 10.9. The van der Waals surface area contributed by atoms with Crippen molar-refractivity contribution >= 4 is 5.97 Å². The third-order valence-electron chi connectivity index (χ3n) is 3.27. The van der Waals surface area contributed by atoms with Gasteiger partial charge in [-0.3, -0.25) is 4.79 Å². The summed E-state index contributed by atoms with van der Waals surface area (Å²) in [5, 5.41) is 8.97. The molecule has 1 aromatic carbocycles. The molecule has 0 radical (unpaired) electrons. The second kappa shape index (κ2) is 5.42. The van der Waals surface area contributed by atoms with Crippen molar-refractivity contribution < 1.29 is 14.6 Å². The Balaban J connectivity index is 2.08. The first-order chi connectivity index (χ1) is 8.56. The van der Waals surface area contributed by atoms with Crippen LogP contribution in [0.2, 0.25) is 0 Å². The Bertz CT molecular complexity index is 404. The van der Waals surface area contributed by atoms with E-state index in [1.54, 1.807) is 0 Å². The zero-order valence-electron chi connectivity index (χ0n) is 10.9. The van der Waals surface area contributed by atoms with Crippen LogP contribution in [-0.4, -0.2) is 17.2 Å². The topological polar surface area (TPSA) is 46.5 Å². The molecule has 1 saturated carbocycles. The summed E-state index contributed by atoms with van der Waals surface area (Å²) in [5.74, 6) is 0.849. The number of carboxylic acids is 1. The summed E-state index contributed by atoms with van der Waals surface area (Å²) in [6, 6.07) is 7.88. The molecule has 1 aliphatic carbocycles. The highest BCUT2D eigenvalue weighted by Crippen LogP contribution is 2.44. The van der Waals surface area contributed by atoms with Gasteiger partial charge in [0, 0.05) is 0 Å². The van der Waals surface area contributed by atoms with Gasteiger partial charge in [0.1, 0.15) is 5.75 Å². The van der Waals surface area contributed by atoms with Crippen LogP contribution in [0, 0.1) is 5.92 Å². The van der Waals surface area contributed by atoms with Gasteiger partial charge in [-0.1, -0.05) is 12.1 Å². The van der Waals surface area contributed by atoms with Crippen LogP contribution in [0.25, 0.3) is 0 Å². The van der Waals surface area contributed by atoms with Crippen LogP contribution in [0.5, 0.6) is 5.75 Å². The summed E-state index contributed by atoms with van der Waals surface area (Å²) in [7, 11) is 0. The van der Waals surface area contributed by atoms with Gasteiger partial charge in [0.2, 0.25) is 0 Å². The molecule has 0 bridgehead atoms. The lowest BCUT2D eigenvalue weighted by atomic mass is 9.91. The first-order valence-corrected chi connectivity index (χ1v) is 6.54. The Morgan fingerprint density at radius 3 is 2.39 bits per heavy atom. The predicted molar refractivity (Wildman–Crippen MR) is 69.9 cm³/mol. The van der Waals surface area contributed by atoms with Crippen LogP contribution < -0.4 is 4.74 Å². The van der Waals surface area contributed by atoms with Crippen molar-refractivity contribution in [1.82, 2.24) is 0 Å². The number of hydrogen-bond acceptors (Lipinski definition) is 2. The van der Waals surface area contributed by atoms with Crippen molar-refractivity contribution in [2.24, 2.45) is 5.92 Å². The molecule has 1 unspecified atom stereocenters.